The highest BCUT2D eigenvalue weighted by Gasteiger charge is 2.15. The Morgan fingerprint density at radius 3 is 2.71 bits per heavy atom. The number of rotatable bonds is 12. The number of halogens is 1. The van der Waals surface area contributed by atoms with E-state index in [2.05, 4.69) is 30.8 Å². The van der Waals surface area contributed by atoms with Gasteiger partial charge in [0.05, 0.1) is 29.9 Å². The van der Waals surface area contributed by atoms with Crippen molar-refractivity contribution in [2.24, 2.45) is 4.99 Å². The number of aromatic nitrogens is 2. The number of fused-ring (bicyclic) bond motifs is 1. The number of anilines is 2. The quantitative estimate of drug-likeness (QED) is 0.169. The van der Waals surface area contributed by atoms with Gasteiger partial charge in [0.15, 0.2) is 11.5 Å². The molecule has 2 aromatic carbocycles. The van der Waals surface area contributed by atoms with E-state index in [1.165, 1.54) is 32.3 Å². The minimum Gasteiger partial charge on any atom is -0.493 e. The summed E-state index contributed by atoms with van der Waals surface area (Å²) in [6.45, 7) is 7.57. The predicted octanol–water partition coefficient (Wildman–Crippen LogP) is 4.95. The van der Waals surface area contributed by atoms with E-state index in [0.29, 0.717) is 41.5 Å². The lowest BCUT2D eigenvalue weighted by molar-refractivity contribution is 0.254. The van der Waals surface area contributed by atoms with Crippen LogP contribution in [-0.2, 0) is 0 Å². The summed E-state index contributed by atoms with van der Waals surface area (Å²) in [5.41, 5.74) is 2.57. The topological polar surface area (TPSA) is 95.9 Å². The van der Waals surface area contributed by atoms with Crippen molar-refractivity contribution >= 4 is 40.0 Å². The number of nitrogens with zero attached hydrogens (tertiary/aromatic N) is 4. The van der Waals surface area contributed by atoms with Crippen LogP contribution in [0.5, 0.6) is 11.5 Å². The molecule has 1 aromatic heterocycles. The van der Waals surface area contributed by atoms with Gasteiger partial charge in [-0.3, -0.25) is 4.99 Å². The fourth-order valence-corrected chi connectivity index (χ4v) is 4.76. The molecule has 1 aliphatic rings. The standard InChI is InChI=1S/C28H38ClN7O2/c1-20-9-6-10-22(29)26(20)34-28(31-12-7-11-30-2)35-27-21-17-24(37-3)25(18-23(21)32-19-33-27)38-16-8-15-36-13-4-5-14-36/h6,9-10,17-19,30H,4-5,7-8,11-16H2,1-3H3,(H2,31,32,33,34,35). The summed E-state index contributed by atoms with van der Waals surface area (Å²) in [6, 6.07) is 9.60. The molecular formula is C28H38ClN7O2. The third-order valence-electron chi connectivity index (χ3n) is 6.55. The molecule has 3 aromatic rings. The van der Waals surface area contributed by atoms with Crippen LogP contribution in [0, 0.1) is 6.92 Å². The lowest BCUT2D eigenvalue weighted by Gasteiger charge is -2.17. The molecule has 1 aliphatic heterocycles. The van der Waals surface area contributed by atoms with E-state index in [4.69, 9.17) is 26.1 Å². The van der Waals surface area contributed by atoms with Crippen LogP contribution in [0.2, 0.25) is 5.02 Å². The van der Waals surface area contributed by atoms with E-state index in [0.717, 1.165) is 48.1 Å². The van der Waals surface area contributed by atoms with Gasteiger partial charge in [0.2, 0.25) is 5.96 Å². The number of ether oxygens (including phenoxy) is 2. The Hall–Kier alpha value is -3.14. The van der Waals surface area contributed by atoms with E-state index in [1.54, 1.807) is 7.11 Å². The molecule has 204 valence electrons. The average Bonchev–Trinajstić information content (AvgIpc) is 3.44. The van der Waals surface area contributed by atoms with Gasteiger partial charge in [-0.25, -0.2) is 9.97 Å². The maximum Gasteiger partial charge on any atom is 0.201 e. The second kappa shape index (κ2) is 14.1. The molecule has 0 amide bonds. The highest BCUT2D eigenvalue weighted by molar-refractivity contribution is 6.34. The van der Waals surface area contributed by atoms with Gasteiger partial charge in [0.1, 0.15) is 12.1 Å². The van der Waals surface area contributed by atoms with Crippen molar-refractivity contribution < 1.29 is 9.47 Å². The fourth-order valence-electron chi connectivity index (χ4n) is 4.49. The van der Waals surface area contributed by atoms with E-state index >= 15 is 0 Å². The first-order valence-corrected chi connectivity index (χ1v) is 13.6. The second-order valence-corrected chi connectivity index (χ2v) is 9.77. The molecule has 10 heteroatoms. The van der Waals surface area contributed by atoms with E-state index in [-0.39, 0.29) is 0 Å². The largest absolute Gasteiger partial charge is 0.493 e. The minimum atomic E-state index is 0.554. The Morgan fingerprint density at radius 2 is 1.95 bits per heavy atom. The zero-order valence-corrected chi connectivity index (χ0v) is 23.3. The molecular weight excluding hydrogens is 502 g/mol. The maximum atomic E-state index is 6.49. The number of nitrogens with one attached hydrogen (secondary N) is 3. The molecule has 0 spiro atoms. The van der Waals surface area contributed by atoms with Crippen molar-refractivity contribution in [1.82, 2.24) is 20.2 Å². The van der Waals surface area contributed by atoms with Crippen LogP contribution < -0.4 is 25.4 Å². The Kier molecular flexibility index (Phi) is 10.4. The lowest BCUT2D eigenvalue weighted by Crippen LogP contribution is -2.24. The molecule has 0 atom stereocenters. The maximum absolute atomic E-state index is 6.49. The van der Waals surface area contributed by atoms with Crippen LogP contribution in [0.25, 0.3) is 10.9 Å². The molecule has 9 nitrogen and oxygen atoms in total. The van der Waals surface area contributed by atoms with Gasteiger partial charge in [0, 0.05) is 24.5 Å². The molecule has 4 rings (SSSR count). The molecule has 0 saturated carbocycles. The molecule has 0 aliphatic carbocycles. The normalized spacial score (nSPS) is 14.2. The van der Waals surface area contributed by atoms with Crippen LogP contribution >= 0.6 is 11.6 Å². The Balaban J connectivity index is 1.54. The molecule has 2 heterocycles. The number of hydrogen-bond donors (Lipinski definition) is 3. The third kappa shape index (κ3) is 7.46. The fraction of sp³-hybridized carbons (Fsp3) is 0.464. The lowest BCUT2D eigenvalue weighted by atomic mass is 10.2. The van der Waals surface area contributed by atoms with Crippen LogP contribution in [0.4, 0.5) is 11.5 Å². The summed E-state index contributed by atoms with van der Waals surface area (Å²) in [7, 11) is 3.58. The molecule has 1 saturated heterocycles. The van der Waals surface area contributed by atoms with Crippen molar-refractivity contribution in [1.29, 1.82) is 0 Å². The van der Waals surface area contributed by atoms with Gasteiger partial charge in [-0.2, -0.15) is 0 Å². The molecule has 0 bridgehead atoms. The third-order valence-corrected chi connectivity index (χ3v) is 6.87. The van der Waals surface area contributed by atoms with E-state index < -0.39 is 0 Å². The Bertz CT molecular complexity index is 1210. The number of hydrogen-bond acceptors (Lipinski definition) is 7. The van der Waals surface area contributed by atoms with Crippen molar-refractivity contribution in [2.45, 2.75) is 32.6 Å². The van der Waals surface area contributed by atoms with Crippen LogP contribution in [0.1, 0.15) is 31.2 Å². The highest BCUT2D eigenvalue weighted by atomic mass is 35.5. The number of aryl methyl sites for hydroxylation is 1. The zero-order valence-electron chi connectivity index (χ0n) is 22.5. The summed E-state index contributed by atoms with van der Waals surface area (Å²) in [4.78, 5) is 16.2. The van der Waals surface area contributed by atoms with Crippen molar-refractivity contribution in [3.63, 3.8) is 0 Å². The first-order valence-electron chi connectivity index (χ1n) is 13.2. The van der Waals surface area contributed by atoms with Gasteiger partial charge >= 0.3 is 0 Å². The van der Waals surface area contributed by atoms with Gasteiger partial charge < -0.3 is 30.3 Å². The molecule has 38 heavy (non-hydrogen) atoms. The number of likely N-dealkylation sites (tertiary alicyclic amines) is 1. The minimum absolute atomic E-state index is 0.554. The Labute approximate surface area is 230 Å². The summed E-state index contributed by atoms with van der Waals surface area (Å²) < 4.78 is 11.8. The van der Waals surface area contributed by atoms with Gasteiger partial charge in [-0.15, -0.1) is 0 Å². The molecule has 0 radical (unpaired) electrons. The number of guanidine groups is 1. The predicted molar refractivity (Wildman–Crippen MR) is 156 cm³/mol. The van der Waals surface area contributed by atoms with Crippen LogP contribution in [0.15, 0.2) is 41.7 Å². The molecule has 3 N–H and O–H groups in total. The van der Waals surface area contributed by atoms with E-state index in [9.17, 15) is 0 Å². The number of benzene rings is 2. The summed E-state index contributed by atoms with van der Waals surface area (Å²) in [5, 5.41) is 11.3. The van der Waals surface area contributed by atoms with Crippen molar-refractivity contribution in [3.05, 3.63) is 47.2 Å². The first kappa shape index (κ1) is 27.9. The van der Waals surface area contributed by atoms with E-state index in [1.807, 2.05) is 44.3 Å². The van der Waals surface area contributed by atoms with Crippen molar-refractivity contribution in [2.75, 3.05) is 64.1 Å². The van der Waals surface area contributed by atoms with Gasteiger partial charge in [-0.1, -0.05) is 23.7 Å². The number of para-hydroxylation sites is 1. The summed E-state index contributed by atoms with van der Waals surface area (Å²) >= 11 is 6.49. The molecule has 0 unspecified atom stereocenters. The highest BCUT2D eigenvalue weighted by Crippen LogP contribution is 2.34. The van der Waals surface area contributed by atoms with Crippen LogP contribution in [-0.4, -0.2) is 74.3 Å². The average molecular weight is 540 g/mol. The monoisotopic (exact) mass is 539 g/mol. The smallest absolute Gasteiger partial charge is 0.201 e. The van der Waals surface area contributed by atoms with Crippen molar-refractivity contribution in [3.8, 4) is 11.5 Å². The molecule has 1 fully saturated rings. The summed E-state index contributed by atoms with van der Waals surface area (Å²) in [6.07, 6.45) is 5.99. The second-order valence-electron chi connectivity index (χ2n) is 9.36. The number of aliphatic imine (C=N–C) groups is 1. The van der Waals surface area contributed by atoms with Crippen LogP contribution in [0.3, 0.4) is 0 Å². The number of methoxy groups -OCH3 is 1. The Morgan fingerprint density at radius 1 is 1.11 bits per heavy atom. The zero-order chi connectivity index (χ0) is 26.7. The van der Waals surface area contributed by atoms with Gasteiger partial charge in [0.25, 0.3) is 0 Å². The first-order chi connectivity index (χ1) is 18.6. The SMILES string of the molecule is CNCCCN=C(Nc1c(C)cccc1Cl)Nc1ncnc2cc(OCCCN3CCCC3)c(OC)cc12. The summed E-state index contributed by atoms with van der Waals surface area (Å²) in [5.74, 6) is 2.48. The van der Waals surface area contributed by atoms with Gasteiger partial charge in [-0.05, 0) is 77.0 Å².